The minimum atomic E-state index is 0.659. The van der Waals surface area contributed by atoms with Gasteiger partial charge >= 0.3 is 0 Å². The summed E-state index contributed by atoms with van der Waals surface area (Å²) < 4.78 is 0. The molecule has 2 heterocycles. The first-order valence-corrected chi connectivity index (χ1v) is 6.24. The monoisotopic (exact) mass is 250 g/mol. The van der Waals surface area contributed by atoms with E-state index in [1.54, 1.807) is 6.20 Å². The van der Waals surface area contributed by atoms with Gasteiger partial charge in [0, 0.05) is 18.3 Å². The predicted molar refractivity (Wildman–Crippen MR) is 72.7 cm³/mol. The Labute approximate surface area is 111 Å². The van der Waals surface area contributed by atoms with E-state index in [1.807, 2.05) is 36.4 Å². The van der Waals surface area contributed by atoms with Gasteiger partial charge in [0.15, 0.2) is 5.82 Å². The highest BCUT2D eigenvalue weighted by Gasteiger charge is 2.05. The standard InChI is InChI=1S/C15H14N4/c1-2-6-12(7-3-1)10-14-17-15(19-18-14)11-13-8-4-5-9-16-13/h1-9H,10-11H2,(H,17,18,19). The second kappa shape index (κ2) is 5.44. The number of nitrogens with zero attached hydrogens (tertiary/aromatic N) is 3. The quantitative estimate of drug-likeness (QED) is 0.773. The molecule has 0 atom stereocenters. The molecule has 1 aromatic carbocycles. The van der Waals surface area contributed by atoms with E-state index >= 15 is 0 Å². The molecule has 19 heavy (non-hydrogen) atoms. The highest BCUT2D eigenvalue weighted by molar-refractivity contribution is 5.19. The van der Waals surface area contributed by atoms with Crippen LogP contribution in [0.15, 0.2) is 54.7 Å². The molecular formula is C15H14N4. The Morgan fingerprint density at radius 1 is 0.895 bits per heavy atom. The van der Waals surface area contributed by atoms with Gasteiger partial charge in [-0.25, -0.2) is 4.98 Å². The Morgan fingerprint density at radius 3 is 2.53 bits per heavy atom. The fourth-order valence-electron chi connectivity index (χ4n) is 1.95. The van der Waals surface area contributed by atoms with E-state index in [2.05, 4.69) is 32.3 Å². The van der Waals surface area contributed by atoms with Crippen LogP contribution >= 0.6 is 0 Å². The third kappa shape index (κ3) is 3.04. The van der Waals surface area contributed by atoms with Gasteiger partial charge < -0.3 is 0 Å². The molecule has 0 unspecified atom stereocenters. The summed E-state index contributed by atoms with van der Waals surface area (Å²) in [5, 5.41) is 7.22. The molecule has 1 N–H and O–H groups in total. The second-order valence-corrected chi connectivity index (χ2v) is 4.36. The first-order valence-electron chi connectivity index (χ1n) is 6.24. The molecule has 0 saturated heterocycles. The van der Waals surface area contributed by atoms with Crippen molar-refractivity contribution in [1.82, 2.24) is 20.2 Å². The molecule has 4 nitrogen and oxygen atoms in total. The van der Waals surface area contributed by atoms with Crippen molar-refractivity contribution in [1.29, 1.82) is 0 Å². The fraction of sp³-hybridized carbons (Fsp3) is 0.133. The molecule has 0 saturated carbocycles. The van der Waals surface area contributed by atoms with E-state index in [-0.39, 0.29) is 0 Å². The number of hydrogen-bond donors (Lipinski definition) is 1. The largest absolute Gasteiger partial charge is 0.263 e. The minimum Gasteiger partial charge on any atom is -0.263 e. The van der Waals surface area contributed by atoms with Gasteiger partial charge in [-0.15, -0.1) is 0 Å². The lowest BCUT2D eigenvalue weighted by Crippen LogP contribution is -1.94. The topological polar surface area (TPSA) is 54.5 Å². The zero-order valence-electron chi connectivity index (χ0n) is 10.5. The van der Waals surface area contributed by atoms with Gasteiger partial charge in [-0.05, 0) is 17.7 Å². The predicted octanol–water partition coefficient (Wildman–Crippen LogP) is 2.38. The molecule has 0 aliphatic heterocycles. The van der Waals surface area contributed by atoms with E-state index in [0.29, 0.717) is 6.42 Å². The van der Waals surface area contributed by atoms with Crippen molar-refractivity contribution < 1.29 is 0 Å². The molecule has 0 bridgehead atoms. The van der Waals surface area contributed by atoms with Gasteiger partial charge in [-0.3, -0.25) is 10.1 Å². The zero-order chi connectivity index (χ0) is 12.9. The average molecular weight is 250 g/mol. The molecule has 4 heteroatoms. The van der Waals surface area contributed by atoms with Crippen LogP contribution < -0.4 is 0 Å². The maximum atomic E-state index is 4.49. The van der Waals surface area contributed by atoms with Crippen LogP contribution in [0.2, 0.25) is 0 Å². The summed E-state index contributed by atoms with van der Waals surface area (Å²) in [7, 11) is 0. The van der Waals surface area contributed by atoms with Crippen LogP contribution in [0.1, 0.15) is 22.9 Å². The number of aromatic amines is 1. The lowest BCUT2D eigenvalue weighted by molar-refractivity contribution is 0.939. The molecular weight excluding hydrogens is 236 g/mol. The van der Waals surface area contributed by atoms with Gasteiger partial charge in [0.05, 0.1) is 6.42 Å². The summed E-state index contributed by atoms with van der Waals surface area (Å²) in [5.74, 6) is 1.67. The number of hydrogen-bond acceptors (Lipinski definition) is 3. The van der Waals surface area contributed by atoms with Crippen molar-refractivity contribution in [3.05, 3.63) is 77.6 Å². The van der Waals surface area contributed by atoms with Gasteiger partial charge in [0.2, 0.25) is 0 Å². The number of pyridine rings is 1. The van der Waals surface area contributed by atoms with Crippen LogP contribution in [0.4, 0.5) is 0 Å². The highest BCUT2D eigenvalue weighted by Crippen LogP contribution is 2.07. The van der Waals surface area contributed by atoms with Crippen LogP contribution in [0.5, 0.6) is 0 Å². The molecule has 94 valence electrons. The van der Waals surface area contributed by atoms with Crippen LogP contribution in [0, 0.1) is 0 Å². The van der Waals surface area contributed by atoms with E-state index in [4.69, 9.17) is 0 Å². The first kappa shape index (κ1) is 11.6. The van der Waals surface area contributed by atoms with E-state index < -0.39 is 0 Å². The Kier molecular flexibility index (Phi) is 3.32. The summed E-state index contributed by atoms with van der Waals surface area (Å²) in [6.45, 7) is 0. The maximum Gasteiger partial charge on any atom is 0.156 e. The normalized spacial score (nSPS) is 10.5. The number of H-pyrrole nitrogens is 1. The molecule has 2 aromatic heterocycles. The summed E-state index contributed by atoms with van der Waals surface area (Å²) >= 11 is 0. The molecule has 0 amide bonds. The van der Waals surface area contributed by atoms with Crippen molar-refractivity contribution in [2.24, 2.45) is 0 Å². The third-order valence-electron chi connectivity index (χ3n) is 2.86. The van der Waals surface area contributed by atoms with Gasteiger partial charge in [0.1, 0.15) is 5.82 Å². The number of aromatic nitrogens is 4. The van der Waals surface area contributed by atoms with Gasteiger partial charge in [-0.1, -0.05) is 36.4 Å². The lowest BCUT2D eigenvalue weighted by atomic mass is 10.1. The van der Waals surface area contributed by atoms with Crippen LogP contribution in [-0.4, -0.2) is 20.2 Å². The van der Waals surface area contributed by atoms with Crippen molar-refractivity contribution in [3.8, 4) is 0 Å². The molecule has 3 aromatic rings. The molecule has 0 spiro atoms. The molecule has 0 radical (unpaired) electrons. The highest BCUT2D eigenvalue weighted by atomic mass is 15.2. The summed E-state index contributed by atoms with van der Waals surface area (Å²) in [6.07, 6.45) is 3.22. The fourth-order valence-corrected chi connectivity index (χ4v) is 1.95. The SMILES string of the molecule is c1ccc(Cc2nc(Cc3ccccn3)n[nH]2)cc1. The van der Waals surface area contributed by atoms with Crippen LogP contribution in [0.3, 0.4) is 0 Å². The van der Waals surface area contributed by atoms with Gasteiger partial charge in [0.25, 0.3) is 0 Å². The Balaban J connectivity index is 1.70. The summed E-state index contributed by atoms with van der Waals surface area (Å²) in [6, 6.07) is 16.1. The Hall–Kier alpha value is -2.49. The number of rotatable bonds is 4. The molecule has 0 aliphatic carbocycles. The molecule has 0 fully saturated rings. The minimum absolute atomic E-state index is 0.659. The Bertz CT molecular complexity index is 576. The van der Waals surface area contributed by atoms with Gasteiger partial charge in [-0.2, -0.15) is 5.10 Å². The smallest absolute Gasteiger partial charge is 0.156 e. The van der Waals surface area contributed by atoms with E-state index in [9.17, 15) is 0 Å². The summed E-state index contributed by atoms with van der Waals surface area (Å²) in [5.41, 5.74) is 2.20. The molecule has 3 rings (SSSR count). The Morgan fingerprint density at radius 2 is 1.74 bits per heavy atom. The second-order valence-electron chi connectivity index (χ2n) is 4.36. The molecule has 0 aliphatic rings. The maximum absolute atomic E-state index is 4.49. The number of nitrogens with one attached hydrogen (secondary N) is 1. The van der Waals surface area contributed by atoms with Crippen molar-refractivity contribution >= 4 is 0 Å². The average Bonchev–Trinajstić information content (AvgIpc) is 2.88. The van der Waals surface area contributed by atoms with E-state index in [1.165, 1.54) is 5.56 Å². The van der Waals surface area contributed by atoms with Crippen molar-refractivity contribution in [2.45, 2.75) is 12.8 Å². The van der Waals surface area contributed by atoms with Crippen LogP contribution in [0.25, 0.3) is 0 Å². The number of benzene rings is 1. The zero-order valence-corrected chi connectivity index (χ0v) is 10.5. The lowest BCUT2D eigenvalue weighted by Gasteiger charge is -1.96. The van der Waals surface area contributed by atoms with Crippen LogP contribution in [-0.2, 0) is 12.8 Å². The van der Waals surface area contributed by atoms with E-state index in [0.717, 1.165) is 23.8 Å². The van der Waals surface area contributed by atoms with Crippen molar-refractivity contribution in [2.75, 3.05) is 0 Å². The van der Waals surface area contributed by atoms with Crippen molar-refractivity contribution in [3.63, 3.8) is 0 Å². The first-order chi connectivity index (χ1) is 9.40. The third-order valence-corrected chi connectivity index (χ3v) is 2.86. The summed E-state index contributed by atoms with van der Waals surface area (Å²) in [4.78, 5) is 8.77.